The topological polar surface area (TPSA) is 196 Å². The first-order chi connectivity index (χ1) is 28.7. The maximum atomic E-state index is 14.2. The fourth-order valence-corrected chi connectivity index (χ4v) is 8.36. The lowest BCUT2D eigenvalue weighted by molar-refractivity contribution is -0.139. The molecule has 4 unspecified atom stereocenters. The van der Waals surface area contributed by atoms with E-state index in [-0.39, 0.29) is 31.5 Å². The average molecular weight is 844 g/mol. The Bertz CT molecular complexity index is 1920. The highest BCUT2D eigenvalue weighted by molar-refractivity contribution is 7.38. The number of rotatable bonds is 25. The molecule has 1 aromatic heterocycles. The maximum Gasteiger partial charge on any atom is 0.529 e. The molecule has 3 aromatic carbocycles. The minimum Gasteiger partial charge on any atom is -0.487 e. The van der Waals surface area contributed by atoms with E-state index in [1.54, 1.807) is 46.7 Å². The van der Waals surface area contributed by atoms with E-state index in [9.17, 15) is 23.8 Å². The summed E-state index contributed by atoms with van der Waals surface area (Å²) in [5, 5.41) is 12.3. The summed E-state index contributed by atoms with van der Waals surface area (Å²) in [6, 6.07) is 29.5. The van der Waals surface area contributed by atoms with Gasteiger partial charge in [-0.25, -0.2) is 5.84 Å². The van der Waals surface area contributed by atoms with Crippen LogP contribution < -0.4 is 32.3 Å². The van der Waals surface area contributed by atoms with Crippen LogP contribution in [0.1, 0.15) is 59.5 Å². The van der Waals surface area contributed by atoms with Crippen molar-refractivity contribution in [3.8, 4) is 5.75 Å². The molecule has 2 heterocycles. The summed E-state index contributed by atoms with van der Waals surface area (Å²) in [5.74, 6) is 5.93. The number of nitrogens with one attached hydrogen (secondary N) is 3. The van der Waals surface area contributed by atoms with Gasteiger partial charge < -0.3 is 31.0 Å². The monoisotopic (exact) mass is 843 g/mol. The molecule has 1 saturated heterocycles. The Balaban J connectivity index is 1.20. The number of nitrogens with zero attached hydrogens (tertiary/aromatic N) is 3. The van der Waals surface area contributed by atoms with Crippen molar-refractivity contribution in [2.45, 2.75) is 69.6 Å². The first kappa shape index (κ1) is 44.9. The number of nitrogens with two attached hydrogens (primary N) is 2. The van der Waals surface area contributed by atoms with E-state index in [1.165, 1.54) is 5.01 Å². The van der Waals surface area contributed by atoms with Gasteiger partial charge in [0.1, 0.15) is 18.4 Å². The van der Waals surface area contributed by atoms with Gasteiger partial charge in [0.25, 0.3) is 5.78 Å². The number of hydrogen-bond acceptors (Lipinski definition) is 11. The Kier molecular flexibility index (Phi) is 18.3. The lowest BCUT2D eigenvalue weighted by Gasteiger charge is -2.28. The van der Waals surface area contributed by atoms with Gasteiger partial charge >= 0.3 is 8.03 Å². The largest absolute Gasteiger partial charge is 0.529 e. The van der Waals surface area contributed by atoms with Crippen LogP contribution in [0.25, 0.3) is 0 Å². The molecule has 14 nitrogen and oxygen atoms in total. The summed E-state index contributed by atoms with van der Waals surface area (Å²) in [6.45, 7) is 3.06. The lowest BCUT2D eigenvalue weighted by atomic mass is 10.1. The molecule has 16 heteroatoms. The molecule has 0 spiro atoms. The molecule has 0 saturated carbocycles. The SMILES string of the molecule is N/C(=C\N(N)C1CC(C(=O)NCCCCCCNC=O)N(C(=O)CN(Cc2ccccc2)Cc2cccs2)C1)COc1ccc(C(NCc2ccccc2)[P+](=O)O)cc1. The molecule has 5 rings (SSSR count). The lowest BCUT2D eigenvalue weighted by Crippen LogP contribution is -2.49. The van der Waals surface area contributed by atoms with E-state index < -0.39 is 25.9 Å². The highest BCUT2D eigenvalue weighted by Gasteiger charge is 2.41. The van der Waals surface area contributed by atoms with Crippen LogP contribution >= 0.6 is 19.4 Å². The second-order valence-corrected chi connectivity index (χ2v) is 16.7. The van der Waals surface area contributed by atoms with Crippen LogP contribution in [0, 0.1) is 0 Å². The zero-order valence-corrected chi connectivity index (χ0v) is 34.9. The number of hydrogen-bond donors (Lipinski definition) is 6. The predicted molar refractivity (Wildman–Crippen MR) is 230 cm³/mol. The third-order valence-electron chi connectivity index (χ3n) is 10.0. The Hall–Kier alpha value is -5.15. The van der Waals surface area contributed by atoms with Crippen molar-refractivity contribution < 1.29 is 28.6 Å². The van der Waals surface area contributed by atoms with Crippen LogP contribution in [-0.4, -0.2) is 82.8 Å². The van der Waals surface area contributed by atoms with Gasteiger partial charge in [0.2, 0.25) is 18.2 Å². The molecular weight excluding hydrogens is 788 g/mol. The van der Waals surface area contributed by atoms with Gasteiger partial charge in [0.15, 0.2) is 0 Å². The molecular formula is C43H56N8O6PS+. The normalized spacial score (nSPS) is 16.1. The first-order valence-electron chi connectivity index (χ1n) is 19.9. The number of hydrazine groups is 1. The second-order valence-electron chi connectivity index (χ2n) is 14.5. The Morgan fingerprint density at radius 1 is 0.932 bits per heavy atom. The predicted octanol–water partition coefficient (Wildman–Crippen LogP) is 4.72. The summed E-state index contributed by atoms with van der Waals surface area (Å²) in [4.78, 5) is 53.2. The van der Waals surface area contributed by atoms with E-state index >= 15 is 0 Å². The molecule has 4 aromatic rings. The molecule has 1 aliphatic heterocycles. The van der Waals surface area contributed by atoms with Crippen LogP contribution in [0.5, 0.6) is 5.75 Å². The standard InChI is InChI=1S/C43H55N8O6PS/c44-36(31-57-38-19-17-35(18-20-38)43(58(55)56)48-25-33-12-5-3-6-13-33)27-51(45)37-24-40(42(54)47-22-10-2-1-9-21-46-32-52)50(28-37)41(53)30-49(29-39-16-11-23-59-39)26-34-14-7-4-8-15-34/h3-8,11-20,23,27,32,37,40,43,48H,1-2,9-10,21-22,24-26,28-31,44-45H2,(H2-,46,47,52,54,55,56)/p+1/b36-27-. The van der Waals surface area contributed by atoms with Crippen molar-refractivity contribution in [3.05, 3.63) is 136 Å². The molecule has 8 N–H and O–H groups in total. The molecule has 0 bridgehead atoms. The van der Waals surface area contributed by atoms with Crippen molar-refractivity contribution in [1.29, 1.82) is 0 Å². The highest BCUT2D eigenvalue weighted by atomic mass is 32.1. The van der Waals surface area contributed by atoms with Crippen LogP contribution in [-0.2, 0) is 38.6 Å². The van der Waals surface area contributed by atoms with E-state index in [2.05, 4.69) is 26.9 Å². The third-order valence-corrected chi connectivity index (χ3v) is 11.8. The average Bonchev–Trinajstić information content (AvgIpc) is 3.93. The van der Waals surface area contributed by atoms with Crippen molar-refractivity contribution in [2.24, 2.45) is 11.6 Å². The molecule has 0 radical (unpaired) electrons. The fraction of sp³-hybridized carbons (Fsp3) is 0.372. The van der Waals surface area contributed by atoms with Crippen LogP contribution in [0.15, 0.2) is 114 Å². The van der Waals surface area contributed by atoms with E-state index in [1.807, 2.05) is 72.1 Å². The van der Waals surface area contributed by atoms with Gasteiger partial charge in [-0.3, -0.25) is 24.6 Å². The molecule has 59 heavy (non-hydrogen) atoms. The number of amides is 3. The van der Waals surface area contributed by atoms with Gasteiger partial charge in [0, 0.05) is 62.3 Å². The molecule has 1 fully saturated rings. The van der Waals surface area contributed by atoms with Crippen LogP contribution in [0.2, 0.25) is 0 Å². The fourth-order valence-electron chi connectivity index (χ4n) is 6.94. The van der Waals surface area contributed by atoms with Gasteiger partial charge in [-0.05, 0) is 64.2 Å². The molecule has 3 amide bonds. The molecule has 4 atom stereocenters. The Morgan fingerprint density at radius 3 is 2.29 bits per heavy atom. The zero-order valence-electron chi connectivity index (χ0n) is 33.2. The summed E-state index contributed by atoms with van der Waals surface area (Å²) in [7, 11) is -2.54. The summed E-state index contributed by atoms with van der Waals surface area (Å²) in [6.07, 6.45) is 6.05. The highest BCUT2D eigenvalue weighted by Crippen LogP contribution is 2.36. The Labute approximate surface area is 351 Å². The van der Waals surface area contributed by atoms with Crippen LogP contribution in [0.4, 0.5) is 0 Å². The van der Waals surface area contributed by atoms with Crippen molar-refractivity contribution in [2.75, 3.05) is 32.8 Å². The van der Waals surface area contributed by atoms with Crippen molar-refractivity contribution in [3.63, 3.8) is 0 Å². The number of carbonyl (C=O) groups excluding carboxylic acids is 3. The smallest absolute Gasteiger partial charge is 0.487 e. The quantitative estimate of drug-likeness (QED) is 0.0178. The van der Waals surface area contributed by atoms with Crippen molar-refractivity contribution in [1.82, 2.24) is 30.8 Å². The number of ether oxygens (including phenoxy) is 1. The summed E-state index contributed by atoms with van der Waals surface area (Å²) >= 11 is 1.64. The molecule has 1 aliphatic rings. The summed E-state index contributed by atoms with van der Waals surface area (Å²) in [5.41, 5.74) is 9.43. The van der Waals surface area contributed by atoms with Gasteiger partial charge in [-0.1, -0.05) is 79.6 Å². The van der Waals surface area contributed by atoms with E-state index in [4.69, 9.17) is 16.3 Å². The zero-order chi connectivity index (χ0) is 41.8. The Morgan fingerprint density at radius 2 is 1.63 bits per heavy atom. The van der Waals surface area contributed by atoms with Crippen molar-refractivity contribution >= 4 is 37.6 Å². The minimum atomic E-state index is -2.54. The number of likely N-dealkylation sites (tertiary alicyclic amines) is 1. The first-order valence-corrected chi connectivity index (χ1v) is 22.0. The van der Waals surface area contributed by atoms with Crippen LogP contribution in [0.3, 0.4) is 0 Å². The van der Waals surface area contributed by atoms with E-state index in [0.717, 1.165) is 41.7 Å². The van der Waals surface area contributed by atoms with Gasteiger partial charge in [-0.15, -0.1) is 11.3 Å². The van der Waals surface area contributed by atoms with E-state index in [0.29, 0.717) is 62.6 Å². The number of unbranched alkanes of at least 4 members (excludes halogenated alkanes) is 3. The number of thiophene rings is 1. The minimum absolute atomic E-state index is 0.0125. The van der Waals surface area contributed by atoms with Gasteiger partial charge in [0.05, 0.1) is 18.3 Å². The second kappa shape index (κ2) is 24.1. The maximum absolute atomic E-state index is 14.2. The third kappa shape index (κ3) is 14.9. The summed E-state index contributed by atoms with van der Waals surface area (Å²) < 4.78 is 18.1. The molecule has 314 valence electrons. The number of carbonyl (C=O) groups is 3. The van der Waals surface area contributed by atoms with Gasteiger partial charge in [-0.2, -0.15) is 4.89 Å². The number of benzene rings is 3. The molecule has 0 aliphatic carbocycles.